The molecule has 0 saturated carbocycles. The van der Waals surface area contributed by atoms with Crippen LogP contribution in [0.25, 0.3) is 0 Å². The van der Waals surface area contributed by atoms with E-state index in [0.29, 0.717) is 29.8 Å². The monoisotopic (exact) mass is 335 g/mol. The molecule has 0 aliphatic carbocycles. The molecule has 0 unspecified atom stereocenters. The molecule has 1 aliphatic rings. The van der Waals surface area contributed by atoms with Gasteiger partial charge in [-0.25, -0.2) is 8.42 Å². The van der Waals surface area contributed by atoms with Crippen molar-refractivity contribution in [3.8, 4) is 5.75 Å². The van der Waals surface area contributed by atoms with Crippen molar-refractivity contribution in [2.45, 2.75) is 11.3 Å². The molecule has 0 bridgehead atoms. The Hall–Kier alpha value is -0.630. The number of nitrogens with zero attached hydrogens (tertiary/aromatic N) is 1. The molecule has 0 radical (unpaired) electrons. The zero-order valence-electron chi connectivity index (χ0n) is 9.93. The van der Waals surface area contributed by atoms with Crippen LogP contribution in [0.4, 0.5) is 0 Å². The van der Waals surface area contributed by atoms with E-state index < -0.39 is 10.0 Å². The van der Waals surface area contributed by atoms with Crippen LogP contribution in [0.3, 0.4) is 0 Å². The van der Waals surface area contributed by atoms with Crippen LogP contribution in [0.1, 0.15) is 6.42 Å². The van der Waals surface area contributed by atoms with Gasteiger partial charge in [-0.05, 0) is 24.6 Å². The first-order chi connectivity index (χ1) is 8.55. The Kier molecular flexibility index (Phi) is 4.26. The average molecular weight is 336 g/mol. The standard InChI is InChI=1S/C11H14BrNO4S/c1-16-10-4-3-9(12)7-11(10)18(14,15)13-5-2-6-17-8-13/h3-4,7H,2,5-6,8H2,1H3. The molecule has 7 heteroatoms. The molecule has 0 spiro atoms. The highest BCUT2D eigenvalue weighted by Crippen LogP contribution is 2.30. The van der Waals surface area contributed by atoms with E-state index in [9.17, 15) is 8.42 Å². The summed E-state index contributed by atoms with van der Waals surface area (Å²) in [5.74, 6) is 0.337. The van der Waals surface area contributed by atoms with Gasteiger partial charge in [0.15, 0.2) is 0 Å². The summed E-state index contributed by atoms with van der Waals surface area (Å²) >= 11 is 3.27. The van der Waals surface area contributed by atoms with E-state index in [4.69, 9.17) is 9.47 Å². The van der Waals surface area contributed by atoms with Crippen LogP contribution >= 0.6 is 15.9 Å². The largest absolute Gasteiger partial charge is 0.495 e. The maximum absolute atomic E-state index is 12.5. The van der Waals surface area contributed by atoms with Gasteiger partial charge in [-0.3, -0.25) is 0 Å². The van der Waals surface area contributed by atoms with Gasteiger partial charge >= 0.3 is 0 Å². The van der Waals surface area contributed by atoms with E-state index in [1.807, 2.05) is 0 Å². The van der Waals surface area contributed by atoms with Crippen molar-refractivity contribution in [1.29, 1.82) is 0 Å². The summed E-state index contributed by atoms with van der Waals surface area (Å²) in [4.78, 5) is 0.157. The predicted octanol–water partition coefficient (Wildman–Crippen LogP) is 1.83. The van der Waals surface area contributed by atoms with Crippen LogP contribution < -0.4 is 4.74 Å². The van der Waals surface area contributed by atoms with Gasteiger partial charge in [-0.1, -0.05) is 15.9 Å². The Labute approximate surface area is 115 Å². The molecule has 0 atom stereocenters. The van der Waals surface area contributed by atoms with Crippen molar-refractivity contribution in [2.24, 2.45) is 0 Å². The van der Waals surface area contributed by atoms with Gasteiger partial charge in [0.25, 0.3) is 0 Å². The summed E-state index contributed by atoms with van der Waals surface area (Å²) in [6.45, 7) is 1.16. The summed E-state index contributed by atoms with van der Waals surface area (Å²) in [6, 6.07) is 4.91. The van der Waals surface area contributed by atoms with Gasteiger partial charge in [0.2, 0.25) is 10.0 Å². The topological polar surface area (TPSA) is 55.8 Å². The van der Waals surface area contributed by atoms with Gasteiger partial charge in [0, 0.05) is 17.6 Å². The molecule has 1 aromatic rings. The SMILES string of the molecule is COc1ccc(Br)cc1S(=O)(=O)N1CCCOC1. The van der Waals surface area contributed by atoms with Crippen molar-refractivity contribution in [3.05, 3.63) is 22.7 Å². The Bertz CT molecular complexity index is 526. The lowest BCUT2D eigenvalue weighted by atomic mass is 10.3. The van der Waals surface area contributed by atoms with Crippen LogP contribution in [-0.4, -0.2) is 39.7 Å². The number of halogens is 1. The molecular formula is C11H14BrNO4S. The van der Waals surface area contributed by atoms with Crippen molar-refractivity contribution >= 4 is 26.0 Å². The third kappa shape index (κ3) is 2.69. The Morgan fingerprint density at radius 3 is 2.83 bits per heavy atom. The molecule has 5 nitrogen and oxygen atoms in total. The first kappa shape index (κ1) is 13.8. The van der Waals surface area contributed by atoms with E-state index in [1.165, 1.54) is 11.4 Å². The molecule has 18 heavy (non-hydrogen) atoms. The minimum atomic E-state index is -3.57. The summed E-state index contributed by atoms with van der Waals surface area (Å²) in [6.07, 6.45) is 0.704. The Morgan fingerprint density at radius 2 is 2.22 bits per heavy atom. The van der Waals surface area contributed by atoms with Crippen LogP contribution in [0.5, 0.6) is 5.75 Å². The number of ether oxygens (including phenoxy) is 2. The van der Waals surface area contributed by atoms with Crippen molar-refractivity contribution in [1.82, 2.24) is 4.31 Å². The summed E-state index contributed by atoms with van der Waals surface area (Å²) in [7, 11) is -2.12. The smallest absolute Gasteiger partial charge is 0.248 e. The number of hydrogen-bond donors (Lipinski definition) is 0. The molecule has 1 fully saturated rings. The molecule has 1 aromatic carbocycles. The van der Waals surface area contributed by atoms with Gasteiger partial charge in [-0.15, -0.1) is 0 Å². The number of sulfonamides is 1. The number of rotatable bonds is 3. The van der Waals surface area contributed by atoms with Crippen LogP contribution in [0.2, 0.25) is 0 Å². The molecule has 100 valence electrons. The van der Waals surface area contributed by atoms with E-state index in [-0.39, 0.29) is 11.6 Å². The zero-order chi connectivity index (χ0) is 13.2. The predicted molar refractivity (Wildman–Crippen MR) is 70.0 cm³/mol. The van der Waals surface area contributed by atoms with E-state index >= 15 is 0 Å². The summed E-state index contributed by atoms with van der Waals surface area (Å²) < 4.78 is 37.2. The lowest BCUT2D eigenvalue weighted by molar-refractivity contribution is 0.0312. The van der Waals surface area contributed by atoms with Crippen LogP contribution in [-0.2, 0) is 14.8 Å². The highest BCUT2D eigenvalue weighted by Gasteiger charge is 2.29. The fraction of sp³-hybridized carbons (Fsp3) is 0.455. The third-order valence-electron chi connectivity index (χ3n) is 2.67. The quantitative estimate of drug-likeness (QED) is 0.845. The lowest BCUT2D eigenvalue weighted by Gasteiger charge is -2.26. The molecule has 0 aromatic heterocycles. The molecular weight excluding hydrogens is 322 g/mol. The Morgan fingerprint density at radius 1 is 1.44 bits per heavy atom. The first-order valence-electron chi connectivity index (χ1n) is 5.47. The summed E-state index contributed by atoms with van der Waals surface area (Å²) in [5, 5.41) is 0. The molecule has 2 rings (SSSR count). The third-order valence-corrected chi connectivity index (χ3v) is 5.01. The summed E-state index contributed by atoms with van der Waals surface area (Å²) in [5.41, 5.74) is 0. The number of benzene rings is 1. The molecule has 1 aliphatic heterocycles. The maximum Gasteiger partial charge on any atom is 0.248 e. The number of hydrogen-bond acceptors (Lipinski definition) is 4. The fourth-order valence-electron chi connectivity index (χ4n) is 1.75. The van der Waals surface area contributed by atoms with Gasteiger partial charge in [0.05, 0.1) is 7.11 Å². The fourth-order valence-corrected chi connectivity index (χ4v) is 3.81. The van der Waals surface area contributed by atoms with Crippen molar-refractivity contribution in [2.75, 3.05) is 27.0 Å². The first-order valence-corrected chi connectivity index (χ1v) is 7.70. The van der Waals surface area contributed by atoms with E-state index in [0.717, 1.165) is 0 Å². The van der Waals surface area contributed by atoms with Crippen molar-refractivity contribution < 1.29 is 17.9 Å². The zero-order valence-corrected chi connectivity index (χ0v) is 12.3. The number of methoxy groups -OCH3 is 1. The molecule has 0 N–H and O–H groups in total. The second-order valence-electron chi connectivity index (χ2n) is 3.87. The second kappa shape index (κ2) is 5.56. The molecule has 0 amide bonds. The highest BCUT2D eigenvalue weighted by atomic mass is 79.9. The Balaban J connectivity index is 2.42. The minimum absolute atomic E-state index is 0.0952. The van der Waals surface area contributed by atoms with Gasteiger partial charge in [-0.2, -0.15) is 4.31 Å². The maximum atomic E-state index is 12.5. The highest BCUT2D eigenvalue weighted by molar-refractivity contribution is 9.10. The normalized spacial score (nSPS) is 17.7. The molecule has 1 saturated heterocycles. The van der Waals surface area contributed by atoms with Crippen molar-refractivity contribution in [3.63, 3.8) is 0 Å². The van der Waals surface area contributed by atoms with E-state index in [2.05, 4.69) is 15.9 Å². The average Bonchev–Trinajstić information content (AvgIpc) is 2.39. The van der Waals surface area contributed by atoms with Gasteiger partial charge in [0.1, 0.15) is 17.4 Å². The van der Waals surface area contributed by atoms with Crippen LogP contribution in [0, 0.1) is 0 Å². The van der Waals surface area contributed by atoms with Gasteiger partial charge < -0.3 is 9.47 Å². The van der Waals surface area contributed by atoms with Crippen LogP contribution in [0.15, 0.2) is 27.6 Å². The second-order valence-corrected chi connectivity index (χ2v) is 6.69. The molecule has 1 heterocycles. The van der Waals surface area contributed by atoms with E-state index in [1.54, 1.807) is 18.2 Å². The lowest BCUT2D eigenvalue weighted by Crippen LogP contribution is -2.38. The minimum Gasteiger partial charge on any atom is -0.495 e.